The summed E-state index contributed by atoms with van der Waals surface area (Å²) < 4.78 is 28.4. The number of hydrogen-bond acceptors (Lipinski definition) is 6. The van der Waals surface area contributed by atoms with E-state index in [0.717, 1.165) is 50.3 Å². The van der Waals surface area contributed by atoms with E-state index in [9.17, 15) is 8.42 Å². The van der Waals surface area contributed by atoms with E-state index < -0.39 is 10.0 Å². The summed E-state index contributed by atoms with van der Waals surface area (Å²) in [6.07, 6.45) is 9.05. The van der Waals surface area contributed by atoms with Crippen molar-refractivity contribution in [1.29, 1.82) is 0 Å². The van der Waals surface area contributed by atoms with Gasteiger partial charge in [-0.3, -0.25) is 0 Å². The zero-order chi connectivity index (χ0) is 17.2. The van der Waals surface area contributed by atoms with Gasteiger partial charge in [-0.25, -0.2) is 23.1 Å². The Bertz CT molecular complexity index is 658. The molecule has 1 saturated carbocycles. The third-order valence-corrected chi connectivity index (χ3v) is 6.81. The highest BCUT2D eigenvalue weighted by atomic mass is 32.2. The molecule has 2 aliphatic rings. The average molecular weight is 353 g/mol. The summed E-state index contributed by atoms with van der Waals surface area (Å²) in [5, 5.41) is -0.385. The van der Waals surface area contributed by atoms with Gasteiger partial charge in [0, 0.05) is 45.6 Å². The minimum absolute atomic E-state index is 0.124. The standard InChI is InChI=1S/C16H27N5O2S/c1-20(2)15-16(18-10-9-17-15)21-11-5-8-14(12-21)24(22,23)19-13-6-3-4-7-13/h9-10,13-14,19H,3-8,11-12H2,1-2H3. The molecular formula is C16H27N5O2S. The second-order valence-corrected chi connectivity index (χ2v) is 8.94. The van der Waals surface area contributed by atoms with Crippen LogP contribution in [0.2, 0.25) is 0 Å². The Hall–Kier alpha value is -1.41. The summed E-state index contributed by atoms with van der Waals surface area (Å²) in [4.78, 5) is 12.8. The van der Waals surface area contributed by atoms with Crippen LogP contribution in [0.1, 0.15) is 38.5 Å². The minimum Gasteiger partial charge on any atom is -0.360 e. The molecule has 8 heteroatoms. The molecule has 0 radical (unpaired) electrons. The highest BCUT2D eigenvalue weighted by molar-refractivity contribution is 7.90. The van der Waals surface area contributed by atoms with Gasteiger partial charge in [0.2, 0.25) is 10.0 Å². The second kappa shape index (κ2) is 7.23. The Kier molecular flexibility index (Phi) is 5.24. The quantitative estimate of drug-likeness (QED) is 0.861. The number of rotatable bonds is 5. The van der Waals surface area contributed by atoms with E-state index in [1.54, 1.807) is 12.4 Å². The van der Waals surface area contributed by atoms with Gasteiger partial charge in [-0.15, -0.1) is 0 Å². The molecule has 1 aromatic rings. The van der Waals surface area contributed by atoms with Crippen LogP contribution in [0.4, 0.5) is 11.6 Å². The SMILES string of the molecule is CN(C)c1nccnc1N1CCCC(S(=O)(=O)NC2CCCC2)C1. The predicted molar refractivity (Wildman–Crippen MR) is 95.9 cm³/mol. The number of piperidine rings is 1. The number of nitrogens with zero attached hydrogens (tertiary/aromatic N) is 4. The van der Waals surface area contributed by atoms with Gasteiger partial charge in [-0.1, -0.05) is 12.8 Å². The Morgan fingerprint density at radius 1 is 1.12 bits per heavy atom. The van der Waals surface area contributed by atoms with Gasteiger partial charge in [0.1, 0.15) is 0 Å². The maximum atomic E-state index is 12.8. The first kappa shape index (κ1) is 17.4. The van der Waals surface area contributed by atoms with Crippen molar-refractivity contribution in [3.8, 4) is 0 Å². The lowest BCUT2D eigenvalue weighted by molar-refractivity contribution is 0.505. The molecule has 2 heterocycles. The molecule has 134 valence electrons. The molecule has 1 aliphatic carbocycles. The first-order valence-electron chi connectivity index (χ1n) is 8.72. The van der Waals surface area contributed by atoms with Crippen molar-refractivity contribution in [3.63, 3.8) is 0 Å². The zero-order valence-electron chi connectivity index (χ0n) is 14.5. The van der Waals surface area contributed by atoms with Crippen LogP contribution >= 0.6 is 0 Å². The third kappa shape index (κ3) is 3.80. The summed E-state index contributed by atoms with van der Waals surface area (Å²) in [7, 11) is 0.554. The van der Waals surface area contributed by atoms with Crippen molar-refractivity contribution in [2.75, 3.05) is 37.0 Å². The molecule has 0 spiro atoms. The molecular weight excluding hydrogens is 326 g/mol. The maximum absolute atomic E-state index is 12.8. The Morgan fingerprint density at radius 3 is 2.54 bits per heavy atom. The van der Waals surface area contributed by atoms with Crippen LogP contribution in [-0.4, -0.2) is 56.9 Å². The molecule has 7 nitrogen and oxygen atoms in total. The maximum Gasteiger partial charge on any atom is 0.216 e. The van der Waals surface area contributed by atoms with Gasteiger partial charge in [0.15, 0.2) is 11.6 Å². The zero-order valence-corrected chi connectivity index (χ0v) is 15.3. The molecule has 2 fully saturated rings. The van der Waals surface area contributed by atoms with Crippen molar-refractivity contribution in [3.05, 3.63) is 12.4 Å². The van der Waals surface area contributed by atoms with Gasteiger partial charge in [-0.2, -0.15) is 0 Å². The molecule has 1 aromatic heterocycles. The van der Waals surface area contributed by atoms with E-state index in [2.05, 4.69) is 19.6 Å². The summed E-state index contributed by atoms with van der Waals surface area (Å²) in [6.45, 7) is 1.29. The Morgan fingerprint density at radius 2 is 1.83 bits per heavy atom. The highest BCUT2D eigenvalue weighted by Crippen LogP contribution is 2.28. The number of anilines is 2. The summed E-state index contributed by atoms with van der Waals surface area (Å²) in [5.74, 6) is 1.54. The number of sulfonamides is 1. The monoisotopic (exact) mass is 353 g/mol. The third-order valence-electron chi connectivity index (χ3n) is 4.89. The Labute approximate surface area is 144 Å². The van der Waals surface area contributed by atoms with Crippen LogP contribution < -0.4 is 14.5 Å². The van der Waals surface area contributed by atoms with Crippen molar-refractivity contribution in [1.82, 2.24) is 14.7 Å². The van der Waals surface area contributed by atoms with Crippen LogP contribution in [0, 0.1) is 0 Å². The predicted octanol–water partition coefficient (Wildman–Crippen LogP) is 1.37. The highest BCUT2D eigenvalue weighted by Gasteiger charge is 2.34. The molecule has 0 amide bonds. The molecule has 0 aromatic carbocycles. The Balaban J connectivity index is 1.74. The van der Waals surface area contributed by atoms with Crippen LogP contribution in [0.25, 0.3) is 0 Å². The molecule has 1 unspecified atom stereocenters. The smallest absolute Gasteiger partial charge is 0.216 e. The van der Waals surface area contributed by atoms with Crippen molar-refractivity contribution >= 4 is 21.7 Å². The van der Waals surface area contributed by atoms with Crippen molar-refractivity contribution < 1.29 is 8.42 Å². The second-order valence-electron chi connectivity index (χ2n) is 6.95. The van der Waals surface area contributed by atoms with Crippen LogP contribution in [-0.2, 0) is 10.0 Å². The van der Waals surface area contributed by atoms with E-state index in [1.807, 2.05) is 19.0 Å². The lowest BCUT2D eigenvalue weighted by atomic mass is 10.1. The molecule has 0 bridgehead atoms. The molecule has 1 N–H and O–H groups in total. The fourth-order valence-corrected chi connectivity index (χ4v) is 5.36. The van der Waals surface area contributed by atoms with Gasteiger partial charge >= 0.3 is 0 Å². The van der Waals surface area contributed by atoms with E-state index >= 15 is 0 Å². The van der Waals surface area contributed by atoms with Gasteiger partial charge in [0.05, 0.1) is 5.25 Å². The fraction of sp³-hybridized carbons (Fsp3) is 0.750. The van der Waals surface area contributed by atoms with Gasteiger partial charge < -0.3 is 9.80 Å². The number of hydrogen-bond donors (Lipinski definition) is 1. The number of aromatic nitrogens is 2. The van der Waals surface area contributed by atoms with Crippen molar-refractivity contribution in [2.45, 2.75) is 49.8 Å². The molecule has 1 saturated heterocycles. The van der Waals surface area contributed by atoms with Crippen LogP contribution in [0.5, 0.6) is 0 Å². The summed E-state index contributed by atoms with van der Waals surface area (Å²) in [6, 6.07) is 0.124. The summed E-state index contributed by atoms with van der Waals surface area (Å²) >= 11 is 0. The van der Waals surface area contributed by atoms with Crippen LogP contribution in [0.15, 0.2) is 12.4 Å². The van der Waals surface area contributed by atoms with Gasteiger partial charge in [0.25, 0.3) is 0 Å². The molecule has 1 aliphatic heterocycles. The first-order chi connectivity index (χ1) is 11.5. The lowest BCUT2D eigenvalue weighted by Crippen LogP contribution is -2.48. The topological polar surface area (TPSA) is 78.4 Å². The van der Waals surface area contributed by atoms with E-state index in [4.69, 9.17) is 0 Å². The van der Waals surface area contributed by atoms with Crippen LogP contribution in [0.3, 0.4) is 0 Å². The summed E-state index contributed by atoms with van der Waals surface area (Å²) in [5.41, 5.74) is 0. The minimum atomic E-state index is -3.29. The number of nitrogens with one attached hydrogen (secondary N) is 1. The molecule has 1 atom stereocenters. The fourth-order valence-electron chi connectivity index (χ4n) is 3.62. The average Bonchev–Trinajstić information content (AvgIpc) is 3.07. The van der Waals surface area contributed by atoms with E-state index in [-0.39, 0.29) is 11.3 Å². The van der Waals surface area contributed by atoms with Gasteiger partial charge in [-0.05, 0) is 25.7 Å². The first-order valence-corrected chi connectivity index (χ1v) is 10.3. The van der Waals surface area contributed by atoms with E-state index in [0.29, 0.717) is 13.0 Å². The molecule has 24 heavy (non-hydrogen) atoms. The normalized spacial score (nSPS) is 22.8. The van der Waals surface area contributed by atoms with E-state index in [1.165, 1.54) is 0 Å². The largest absolute Gasteiger partial charge is 0.360 e. The molecule has 3 rings (SSSR count). The van der Waals surface area contributed by atoms with Crippen molar-refractivity contribution in [2.24, 2.45) is 0 Å². The lowest BCUT2D eigenvalue weighted by Gasteiger charge is -2.35.